The first-order valence-corrected chi connectivity index (χ1v) is 11.0. The van der Waals surface area contributed by atoms with E-state index in [1.807, 2.05) is 11.8 Å². The summed E-state index contributed by atoms with van der Waals surface area (Å²) in [5.74, 6) is 0.485. The maximum absolute atomic E-state index is 12.8. The number of amides is 1. The number of nitrogens with two attached hydrogens (primary N) is 1. The summed E-state index contributed by atoms with van der Waals surface area (Å²) < 4.78 is 0. The molecule has 2 aromatic carbocycles. The third-order valence-corrected chi connectivity index (χ3v) is 6.34. The van der Waals surface area contributed by atoms with Crippen molar-refractivity contribution in [3.8, 4) is 0 Å². The van der Waals surface area contributed by atoms with Crippen molar-refractivity contribution in [1.29, 1.82) is 0 Å². The van der Waals surface area contributed by atoms with Gasteiger partial charge in [-0.15, -0.1) is 0 Å². The number of H-pyrrole nitrogens is 1. The Hall–Kier alpha value is -2.79. The molecule has 1 aromatic heterocycles. The lowest BCUT2D eigenvalue weighted by Gasteiger charge is -2.22. The monoisotopic (exact) mass is 405 g/mol. The molecule has 158 valence electrons. The Bertz CT molecular complexity index is 986. The molecule has 0 bridgehead atoms. The number of carbonyl (C=O) groups is 1. The maximum atomic E-state index is 12.8. The molecule has 3 aromatic rings. The zero-order chi connectivity index (χ0) is 21.1. The minimum Gasteiger partial charge on any atom is -0.378 e. The average Bonchev–Trinajstić information content (AvgIpc) is 3.44. The number of benzene rings is 2. The van der Waals surface area contributed by atoms with Gasteiger partial charge in [0.2, 0.25) is 0 Å². The van der Waals surface area contributed by atoms with Crippen LogP contribution < -0.4 is 10.2 Å². The highest BCUT2D eigenvalue weighted by atomic mass is 16.2. The van der Waals surface area contributed by atoms with Gasteiger partial charge in [0, 0.05) is 50.0 Å². The fourth-order valence-electron chi connectivity index (χ4n) is 4.50. The van der Waals surface area contributed by atoms with Gasteiger partial charge < -0.3 is 20.1 Å². The topological polar surface area (TPSA) is 56.0 Å². The molecule has 0 spiro atoms. The van der Waals surface area contributed by atoms with E-state index < -0.39 is 0 Å². The van der Waals surface area contributed by atoms with E-state index in [1.54, 1.807) is 0 Å². The van der Waals surface area contributed by atoms with Crippen LogP contribution in [0.2, 0.25) is 0 Å². The smallest absolute Gasteiger partial charge is 0.280 e. The van der Waals surface area contributed by atoms with E-state index in [2.05, 4.69) is 84.0 Å². The van der Waals surface area contributed by atoms with Crippen molar-refractivity contribution in [2.24, 2.45) is 0 Å². The number of fused-ring (bicyclic) bond motifs is 1. The molecule has 30 heavy (non-hydrogen) atoms. The number of aromatic amines is 1. The predicted octanol–water partition coefficient (Wildman–Crippen LogP) is 2.94. The van der Waals surface area contributed by atoms with Gasteiger partial charge in [-0.3, -0.25) is 4.79 Å². The van der Waals surface area contributed by atoms with Crippen molar-refractivity contribution in [1.82, 2.24) is 9.88 Å². The molecule has 5 nitrogen and oxygen atoms in total. The summed E-state index contributed by atoms with van der Waals surface area (Å²) in [4.78, 5) is 20.4. The van der Waals surface area contributed by atoms with E-state index >= 15 is 0 Å². The van der Waals surface area contributed by atoms with E-state index in [0.717, 1.165) is 38.0 Å². The molecule has 3 N–H and O–H groups in total. The van der Waals surface area contributed by atoms with Gasteiger partial charge in [0.25, 0.3) is 5.91 Å². The van der Waals surface area contributed by atoms with Crippen LogP contribution in [0.3, 0.4) is 0 Å². The fourth-order valence-corrected chi connectivity index (χ4v) is 4.50. The van der Waals surface area contributed by atoms with Crippen molar-refractivity contribution in [2.75, 3.05) is 38.6 Å². The number of carbonyl (C=O) groups excluding carboxylic acids is 1. The number of nitrogens with zero attached hydrogens (tertiary/aromatic N) is 2. The van der Waals surface area contributed by atoms with Gasteiger partial charge in [-0.2, -0.15) is 0 Å². The Morgan fingerprint density at radius 3 is 2.50 bits per heavy atom. The molecule has 5 heteroatoms. The lowest BCUT2D eigenvalue weighted by Crippen LogP contribution is -2.92. The van der Waals surface area contributed by atoms with Crippen LogP contribution in [0.15, 0.2) is 54.7 Å². The number of hydrogen-bond acceptors (Lipinski definition) is 2. The van der Waals surface area contributed by atoms with Crippen molar-refractivity contribution in [2.45, 2.75) is 31.7 Å². The highest BCUT2D eigenvalue weighted by Crippen LogP contribution is 2.30. The molecule has 2 atom stereocenters. The van der Waals surface area contributed by atoms with Crippen LogP contribution in [0.1, 0.15) is 36.8 Å². The van der Waals surface area contributed by atoms with Crippen LogP contribution in [-0.2, 0) is 4.79 Å². The Labute approximate surface area is 179 Å². The summed E-state index contributed by atoms with van der Waals surface area (Å²) >= 11 is 0. The van der Waals surface area contributed by atoms with Gasteiger partial charge in [-0.1, -0.05) is 30.3 Å². The molecule has 0 unspecified atom stereocenters. The zero-order valence-corrected chi connectivity index (χ0v) is 18.3. The number of quaternary nitrogens is 1. The minimum atomic E-state index is -0.0585. The normalized spacial score (nSPS) is 16.0. The third-order valence-electron chi connectivity index (χ3n) is 6.34. The van der Waals surface area contributed by atoms with Crippen LogP contribution in [-0.4, -0.2) is 55.6 Å². The second-order valence-electron chi connectivity index (χ2n) is 8.62. The van der Waals surface area contributed by atoms with Crippen LogP contribution >= 0.6 is 0 Å². The molecule has 0 radical (unpaired) electrons. The number of rotatable bonds is 7. The fraction of sp³-hybridized carbons (Fsp3) is 0.400. The molecule has 1 aliphatic rings. The van der Waals surface area contributed by atoms with E-state index in [4.69, 9.17) is 0 Å². The molecule has 1 aliphatic heterocycles. The predicted molar refractivity (Wildman–Crippen MR) is 123 cm³/mol. The Morgan fingerprint density at radius 2 is 1.80 bits per heavy atom. The van der Waals surface area contributed by atoms with Crippen molar-refractivity contribution in [3.63, 3.8) is 0 Å². The highest BCUT2D eigenvalue weighted by Gasteiger charge is 2.27. The van der Waals surface area contributed by atoms with Gasteiger partial charge >= 0.3 is 0 Å². The van der Waals surface area contributed by atoms with Gasteiger partial charge in [0.1, 0.15) is 0 Å². The summed E-state index contributed by atoms with van der Waals surface area (Å²) in [6, 6.07) is 17.2. The first-order chi connectivity index (χ1) is 14.5. The van der Waals surface area contributed by atoms with Gasteiger partial charge in [-0.25, -0.2) is 0 Å². The third kappa shape index (κ3) is 4.21. The van der Waals surface area contributed by atoms with E-state index in [1.165, 1.54) is 22.2 Å². The maximum Gasteiger partial charge on any atom is 0.280 e. The minimum absolute atomic E-state index is 0.0585. The van der Waals surface area contributed by atoms with E-state index in [9.17, 15) is 4.79 Å². The average molecular weight is 406 g/mol. The van der Waals surface area contributed by atoms with Gasteiger partial charge in [-0.05, 0) is 49.1 Å². The van der Waals surface area contributed by atoms with Crippen LogP contribution in [0.4, 0.5) is 5.69 Å². The largest absolute Gasteiger partial charge is 0.378 e. The summed E-state index contributed by atoms with van der Waals surface area (Å²) in [6.07, 6.45) is 4.40. The van der Waals surface area contributed by atoms with Crippen molar-refractivity contribution < 1.29 is 10.1 Å². The lowest BCUT2D eigenvalue weighted by molar-refractivity contribution is -0.675. The van der Waals surface area contributed by atoms with Gasteiger partial charge in [0.05, 0.1) is 12.5 Å². The summed E-state index contributed by atoms with van der Waals surface area (Å²) in [5.41, 5.74) is 4.92. The lowest BCUT2D eigenvalue weighted by atomic mass is 9.90. The Morgan fingerprint density at radius 1 is 1.10 bits per heavy atom. The quantitative estimate of drug-likeness (QED) is 0.635. The second kappa shape index (κ2) is 8.92. The second-order valence-corrected chi connectivity index (χ2v) is 8.62. The van der Waals surface area contributed by atoms with Gasteiger partial charge in [0.15, 0.2) is 6.04 Å². The number of likely N-dealkylation sites (tertiary alicyclic amines) is 1. The van der Waals surface area contributed by atoms with Crippen LogP contribution in [0, 0.1) is 0 Å². The standard InChI is InChI=1S/C25H32N4O/c1-18(25(30)29-14-6-7-15-29)26-16-22(19-10-12-20(13-11-19)28(2)3)23-17-27-24-9-5-4-8-21(23)24/h4-5,8-13,17-18,22,26-27H,6-7,14-16H2,1-3H3/p+1/t18-,22-/m0/s1. The summed E-state index contributed by atoms with van der Waals surface area (Å²) in [5, 5.41) is 3.47. The molecule has 1 saturated heterocycles. The first-order valence-electron chi connectivity index (χ1n) is 11.0. The molecule has 0 saturated carbocycles. The Kier molecular flexibility index (Phi) is 6.09. The SMILES string of the molecule is C[C@H]([NH2+]C[C@@H](c1ccc(N(C)C)cc1)c1c[nH]c2ccccc12)C(=O)N1CCCC1. The van der Waals surface area contributed by atoms with E-state index in [0.29, 0.717) is 0 Å². The molecular formula is C25H33N4O+. The molecular weight excluding hydrogens is 372 g/mol. The number of aromatic nitrogens is 1. The van der Waals surface area contributed by atoms with Crippen molar-refractivity contribution >= 4 is 22.5 Å². The number of para-hydroxylation sites is 1. The highest BCUT2D eigenvalue weighted by molar-refractivity contribution is 5.84. The number of nitrogens with one attached hydrogen (secondary N) is 1. The number of anilines is 1. The first kappa shape index (κ1) is 20.5. The Balaban J connectivity index is 1.59. The van der Waals surface area contributed by atoms with Crippen LogP contribution in [0.5, 0.6) is 0 Å². The number of hydrogen-bond donors (Lipinski definition) is 2. The van der Waals surface area contributed by atoms with Crippen LogP contribution in [0.25, 0.3) is 10.9 Å². The molecule has 4 rings (SSSR count). The molecule has 0 aliphatic carbocycles. The molecule has 2 heterocycles. The summed E-state index contributed by atoms with van der Waals surface area (Å²) in [7, 11) is 4.12. The molecule has 1 fully saturated rings. The van der Waals surface area contributed by atoms with E-state index in [-0.39, 0.29) is 17.9 Å². The zero-order valence-electron chi connectivity index (χ0n) is 18.3. The van der Waals surface area contributed by atoms with Crippen molar-refractivity contribution in [3.05, 3.63) is 65.9 Å². The summed E-state index contributed by atoms with van der Waals surface area (Å²) in [6.45, 7) is 4.70. The molecule has 1 amide bonds.